The van der Waals surface area contributed by atoms with Crippen LogP contribution in [0.25, 0.3) is 0 Å². The number of benzene rings is 3. The molecule has 0 fully saturated rings. The van der Waals surface area contributed by atoms with Crippen LogP contribution < -0.4 is 15.1 Å². The maximum absolute atomic E-state index is 6.89. The van der Waals surface area contributed by atoms with Gasteiger partial charge in [-0.1, -0.05) is 98.6 Å². The molecule has 0 aliphatic heterocycles. The number of ether oxygens (including phenoxy) is 1. The molecule has 0 radical (unpaired) electrons. The normalized spacial score (nSPS) is 11.3. The van der Waals surface area contributed by atoms with E-state index in [2.05, 4.69) is 73.7 Å². The van der Waals surface area contributed by atoms with Crippen LogP contribution in [0.4, 0.5) is 0 Å². The Labute approximate surface area is 163 Å². The van der Waals surface area contributed by atoms with Crippen molar-refractivity contribution in [3.05, 3.63) is 90.5 Å². The molecule has 0 amide bonds. The number of methoxy groups -OCH3 is 1. The van der Waals surface area contributed by atoms with E-state index in [4.69, 9.17) is 9.16 Å². The second-order valence-electron chi connectivity index (χ2n) is 6.76. The highest BCUT2D eigenvalue weighted by Gasteiger charge is 2.39. The first-order valence-corrected chi connectivity index (χ1v) is 11.8. The van der Waals surface area contributed by atoms with E-state index in [9.17, 15) is 0 Å². The van der Waals surface area contributed by atoms with Crippen LogP contribution in [0, 0.1) is 0 Å². The lowest BCUT2D eigenvalue weighted by molar-refractivity contribution is 0.293. The maximum atomic E-state index is 6.89. The van der Waals surface area contributed by atoms with Gasteiger partial charge in [-0.15, -0.1) is 0 Å². The van der Waals surface area contributed by atoms with Crippen molar-refractivity contribution in [1.82, 2.24) is 0 Å². The van der Waals surface area contributed by atoms with Gasteiger partial charge in [0.25, 0.3) is 8.32 Å². The van der Waals surface area contributed by atoms with Crippen LogP contribution in [0.2, 0.25) is 6.04 Å². The molecule has 0 bridgehead atoms. The van der Waals surface area contributed by atoms with Gasteiger partial charge in [-0.25, -0.2) is 0 Å². The molecule has 27 heavy (non-hydrogen) atoms. The predicted molar refractivity (Wildman–Crippen MR) is 115 cm³/mol. The average molecular weight is 377 g/mol. The first-order valence-electron chi connectivity index (χ1n) is 9.67. The first-order chi connectivity index (χ1) is 13.3. The fraction of sp³-hybridized carbons (Fsp3) is 0.250. The Morgan fingerprint density at radius 1 is 0.741 bits per heavy atom. The number of hydrogen-bond acceptors (Lipinski definition) is 2. The zero-order valence-corrected chi connectivity index (χ0v) is 17.2. The summed E-state index contributed by atoms with van der Waals surface area (Å²) >= 11 is 0. The van der Waals surface area contributed by atoms with Crippen LogP contribution in [-0.2, 0) is 11.0 Å². The summed E-state index contributed by atoms with van der Waals surface area (Å²) in [7, 11) is -0.625. The largest absolute Gasteiger partial charge is 0.496 e. The predicted octanol–water partition coefficient (Wildman–Crippen LogP) is 4.77. The molecule has 0 aliphatic rings. The smallest absolute Gasteiger partial charge is 0.256 e. The highest BCUT2D eigenvalue weighted by Crippen LogP contribution is 2.23. The number of rotatable bonds is 9. The van der Waals surface area contributed by atoms with E-state index >= 15 is 0 Å². The van der Waals surface area contributed by atoms with Crippen molar-refractivity contribution in [1.29, 1.82) is 0 Å². The summed E-state index contributed by atoms with van der Waals surface area (Å²) in [5.41, 5.74) is 1.10. The Kier molecular flexibility index (Phi) is 6.85. The standard InChI is InChI=1S/C24H28O2Si/c1-3-4-19-27(22-14-7-5-8-15-22,23-16-9-6-10-17-23)26-20-21-13-11-12-18-24(21)25-2/h5-18H,3-4,19-20H2,1-2H3. The van der Waals surface area contributed by atoms with Crippen LogP contribution in [0.1, 0.15) is 25.3 Å². The Morgan fingerprint density at radius 2 is 1.30 bits per heavy atom. The molecule has 0 aromatic heterocycles. The molecule has 0 aliphatic carbocycles. The van der Waals surface area contributed by atoms with Crippen molar-refractivity contribution in [2.24, 2.45) is 0 Å². The van der Waals surface area contributed by atoms with Gasteiger partial charge < -0.3 is 9.16 Å². The Hall–Kier alpha value is -2.36. The zero-order chi connectivity index (χ0) is 19.0. The minimum atomic E-state index is -2.34. The van der Waals surface area contributed by atoms with Gasteiger partial charge in [-0.2, -0.15) is 0 Å². The van der Waals surface area contributed by atoms with Crippen molar-refractivity contribution in [2.45, 2.75) is 32.4 Å². The minimum absolute atomic E-state index is 0.559. The van der Waals surface area contributed by atoms with Gasteiger partial charge in [0.15, 0.2) is 0 Å². The van der Waals surface area contributed by atoms with Crippen molar-refractivity contribution >= 4 is 18.7 Å². The maximum Gasteiger partial charge on any atom is 0.256 e. The van der Waals surface area contributed by atoms with Crippen molar-refractivity contribution < 1.29 is 9.16 Å². The van der Waals surface area contributed by atoms with Crippen molar-refractivity contribution in [2.75, 3.05) is 7.11 Å². The third-order valence-corrected chi connectivity index (χ3v) is 9.26. The molecule has 2 nitrogen and oxygen atoms in total. The van der Waals surface area contributed by atoms with E-state index in [0.717, 1.165) is 30.2 Å². The summed E-state index contributed by atoms with van der Waals surface area (Å²) < 4.78 is 12.4. The van der Waals surface area contributed by atoms with Gasteiger partial charge in [0.05, 0.1) is 13.7 Å². The molecule has 140 valence electrons. The lowest BCUT2D eigenvalue weighted by Gasteiger charge is -2.33. The molecule has 3 aromatic carbocycles. The van der Waals surface area contributed by atoms with Gasteiger partial charge in [0.2, 0.25) is 0 Å². The van der Waals surface area contributed by atoms with Crippen molar-refractivity contribution in [3.63, 3.8) is 0 Å². The van der Waals surface area contributed by atoms with Gasteiger partial charge in [0, 0.05) is 5.56 Å². The monoisotopic (exact) mass is 376 g/mol. The van der Waals surface area contributed by atoms with E-state index in [-0.39, 0.29) is 0 Å². The molecule has 3 heteroatoms. The molecule has 0 N–H and O–H groups in total. The van der Waals surface area contributed by atoms with E-state index in [1.54, 1.807) is 7.11 Å². The first kappa shape index (κ1) is 19.4. The molecular formula is C24H28O2Si. The van der Waals surface area contributed by atoms with Gasteiger partial charge >= 0.3 is 0 Å². The lowest BCUT2D eigenvalue weighted by atomic mass is 10.2. The summed E-state index contributed by atoms with van der Waals surface area (Å²) in [6.45, 7) is 2.80. The molecule has 0 unspecified atom stereocenters. The highest BCUT2D eigenvalue weighted by molar-refractivity contribution is 6.97. The van der Waals surface area contributed by atoms with E-state index in [1.165, 1.54) is 10.4 Å². The second-order valence-corrected chi connectivity index (χ2v) is 10.4. The minimum Gasteiger partial charge on any atom is -0.496 e. The topological polar surface area (TPSA) is 18.5 Å². The summed E-state index contributed by atoms with van der Waals surface area (Å²) in [6, 6.07) is 30.8. The summed E-state index contributed by atoms with van der Waals surface area (Å²) in [5.74, 6) is 0.886. The number of unbranched alkanes of at least 4 members (excludes halogenated alkanes) is 1. The van der Waals surface area contributed by atoms with Crippen LogP contribution in [-0.4, -0.2) is 15.4 Å². The molecule has 3 aromatic rings. The van der Waals surface area contributed by atoms with Crippen LogP contribution in [0.5, 0.6) is 5.75 Å². The van der Waals surface area contributed by atoms with Gasteiger partial charge in [-0.05, 0) is 22.5 Å². The molecule has 0 spiro atoms. The fourth-order valence-corrected chi connectivity index (χ4v) is 7.66. The van der Waals surface area contributed by atoms with E-state index in [0.29, 0.717) is 6.61 Å². The summed E-state index contributed by atoms with van der Waals surface area (Å²) in [5, 5.41) is 2.67. The number of hydrogen-bond donors (Lipinski definition) is 0. The van der Waals surface area contributed by atoms with Crippen LogP contribution >= 0.6 is 0 Å². The highest BCUT2D eigenvalue weighted by atomic mass is 28.4. The third kappa shape index (κ3) is 4.49. The average Bonchev–Trinajstić information content (AvgIpc) is 2.75. The van der Waals surface area contributed by atoms with E-state index in [1.807, 2.05) is 18.2 Å². The van der Waals surface area contributed by atoms with Crippen LogP contribution in [0.3, 0.4) is 0 Å². The number of para-hydroxylation sites is 1. The lowest BCUT2D eigenvalue weighted by Crippen LogP contribution is -2.60. The Morgan fingerprint density at radius 3 is 1.85 bits per heavy atom. The third-order valence-electron chi connectivity index (χ3n) is 5.03. The Balaban J connectivity index is 2.02. The summed E-state index contributed by atoms with van der Waals surface area (Å²) in [4.78, 5) is 0. The SMILES string of the molecule is CCCC[Si](OCc1ccccc1OC)(c1ccccc1)c1ccccc1. The van der Waals surface area contributed by atoms with Gasteiger partial charge in [0.1, 0.15) is 5.75 Å². The molecule has 0 saturated heterocycles. The quantitative estimate of drug-likeness (QED) is 0.501. The van der Waals surface area contributed by atoms with Gasteiger partial charge in [-0.3, -0.25) is 0 Å². The van der Waals surface area contributed by atoms with E-state index < -0.39 is 8.32 Å². The Bertz CT molecular complexity index is 779. The van der Waals surface area contributed by atoms with Crippen molar-refractivity contribution in [3.8, 4) is 5.75 Å². The summed E-state index contributed by atoms with van der Waals surface area (Å²) in [6.07, 6.45) is 2.31. The fourth-order valence-electron chi connectivity index (χ4n) is 3.56. The van der Waals surface area contributed by atoms with Crippen LogP contribution in [0.15, 0.2) is 84.9 Å². The zero-order valence-electron chi connectivity index (χ0n) is 16.2. The second kappa shape index (κ2) is 9.54. The molecule has 3 rings (SSSR count). The molecule has 0 heterocycles. The molecule has 0 atom stereocenters. The molecular weight excluding hydrogens is 348 g/mol. The molecule has 0 saturated carbocycles.